The number of hydrogen-bond donors (Lipinski definition) is 1. The molecule has 0 unspecified atom stereocenters. The number of nitrogens with zero attached hydrogens (tertiary/aromatic N) is 2. The van der Waals surface area contributed by atoms with Crippen molar-refractivity contribution in [3.05, 3.63) is 52.2 Å². The minimum atomic E-state index is -0.269. The Labute approximate surface area is 119 Å². The quantitative estimate of drug-likeness (QED) is 0.801. The number of aromatic nitrogens is 2. The number of benzene rings is 1. The van der Waals surface area contributed by atoms with Crippen LogP contribution in [0, 0.1) is 6.92 Å². The Hall–Kier alpha value is -2.47. The molecule has 0 fully saturated rings. The van der Waals surface area contributed by atoms with Crippen LogP contribution < -0.4 is 5.32 Å². The number of nitrogens with one attached hydrogen (secondary N) is 1. The van der Waals surface area contributed by atoms with E-state index in [1.807, 2.05) is 35.9 Å². The van der Waals surface area contributed by atoms with Gasteiger partial charge in [-0.1, -0.05) is 22.8 Å². The SMILES string of the molecule is Cc1cccc(C(=O)Nc2nnc(-c3ccsc3)o2)c1. The van der Waals surface area contributed by atoms with Crippen molar-refractivity contribution in [2.24, 2.45) is 0 Å². The summed E-state index contributed by atoms with van der Waals surface area (Å²) in [5.41, 5.74) is 2.42. The molecule has 0 saturated carbocycles. The molecule has 1 aromatic carbocycles. The zero-order valence-electron chi connectivity index (χ0n) is 10.7. The van der Waals surface area contributed by atoms with E-state index in [0.29, 0.717) is 11.5 Å². The Morgan fingerprint density at radius 3 is 2.95 bits per heavy atom. The van der Waals surface area contributed by atoms with Gasteiger partial charge in [-0.2, -0.15) is 11.3 Å². The third kappa shape index (κ3) is 2.60. The molecule has 1 N–H and O–H groups in total. The van der Waals surface area contributed by atoms with E-state index in [4.69, 9.17) is 4.42 Å². The summed E-state index contributed by atoms with van der Waals surface area (Å²) in [6.45, 7) is 1.93. The topological polar surface area (TPSA) is 68.0 Å². The van der Waals surface area contributed by atoms with E-state index < -0.39 is 0 Å². The fourth-order valence-electron chi connectivity index (χ4n) is 1.73. The first-order chi connectivity index (χ1) is 9.72. The van der Waals surface area contributed by atoms with Crippen molar-refractivity contribution >= 4 is 23.3 Å². The highest BCUT2D eigenvalue weighted by Crippen LogP contribution is 2.22. The van der Waals surface area contributed by atoms with Crippen LogP contribution in [0.25, 0.3) is 11.5 Å². The van der Waals surface area contributed by atoms with Gasteiger partial charge in [-0.3, -0.25) is 10.1 Å². The van der Waals surface area contributed by atoms with Crippen LogP contribution in [0.15, 0.2) is 45.5 Å². The molecule has 20 heavy (non-hydrogen) atoms. The van der Waals surface area contributed by atoms with E-state index in [1.54, 1.807) is 23.5 Å². The van der Waals surface area contributed by atoms with Crippen LogP contribution >= 0.6 is 11.3 Å². The van der Waals surface area contributed by atoms with E-state index >= 15 is 0 Å². The number of aryl methyl sites for hydroxylation is 1. The van der Waals surface area contributed by atoms with Crippen LogP contribution in [-0.4, -0.2) is 16.1 Å². The number of hydrogen-bond acceptors (Lipinski definition) is 5. The van der Waals surface area contributed by atoms with Gasteiger partial charge in [-0.25, -0.2) is 0 Å². The van der Waals surface area contributed by atoms with Crippen LogP contribution in [0.5, 0.6) is 0 Å². The molecular weight excluding hydrogens is 274 g/mol. The Bertz CT molecular complexity index is 734. The third-order valence-corrected chi connectivity index (χ3v) is 3.38. The molecule has 0 spiro atoms. The Kier molecular flexibility index (Phi) is 3.30. The van der Waals surface area contributed by atoms with Gasteiger partial charge < -0.3 is 4.42 Å². The molecule has 3 rings (SSSR count). The molecule has 0 aliphatic rings. The fraction of sp³-hybridized carbons (Fsp3) is 0.0714. The van der Waals surface area contributed by atoms with Gasteiger partial charge in [0.1, 0.15) is 0 Å². The lowest BCUT2D eigenvalue weighted by molar-refractivity contribution is 0.102. The van der Waals surface area contributed by atoms with Gasteiger partial charge in [0, 0.05) is 16.5 Å². The second-order valence-corrected chi connectivity index (χ2v) is 5.03. The van der Waals surface area contributed by atoms with Gasteiger partial charge in [0.2, 0.25) is 0 Å². The Morgan fingerprint density at radius 2 is 2.20 bits per heavy atom. The first-order valence-electron chi connectivity index (χ1n) is 5.96. The molecule has 0 aliphatic carbocycles. The second kappa shape index (κ2) is 5.26. The highest BCUT2D eigenvalue weighted by Gasteiger charge is 2.12. The summed E-state index contributed by atoms with van der Waals surface area (Å²) >= 11 is 1.54. The van der Waals surface area contributed by atoms with Crippen LogP contribution in [-0.2, 0) is 0 Å². The first kappa shape index (κ1) is 12.6. The number of amides is 1. The molecule has 0 aliphatic heterocycles. The molecule has 2 heterocycles. The van der Waals surface area contributed by atoms with Crippen LogP contribution in [0.2, 0.25) is 0 Å². The lowest BCUT2D eigenvalue weighted by Crippen LogP contribution is -2.12. The number of rotatable bonds is 3. The first-order valence-corrected chi connectivity index (χ1v) is 6.91. The molecule has 100 valence electrons. The fourth-order valence-corrected chi connectivity index (χ4v) is 2.36. The molecular formula is C14H11N3O2S. The molecule has 0 bridgehead atoms. The molecule has 0 atom stereocenters. The molecule has 2 aromatic heterocycles. The average Bonchev–Trinajstić information content (AvgIpc) is 3.08. The lowest BCUT2D eigenvalue weighted by Gasteiger charge is -2.01. The summed E-state index contributed by atoms with van der Waals surface area (Å²) in [4.78, 5) is 12.0. The molecule has 1 amide bonds. The zero-order valence-corrected chi connectivity index (χ0v) is 11.5. The summed E-state index contributed by atoms with van der Waals surface area (Å²) in [5, 5.41) is 14.1. The van der Waals surface area contributed by atoms with Crippen molar-refractivity contribution < 1.29 is 9.21 Å². The molecule has 0 radical (unpaired) electrons. The third-order valence-electron chi connectivity index (χ3n) is 2.69. The van der Waals surface area contributed by atoms with Crippen molar-refractivity contribution in [3.8, 4) is 11.5 Å². The van der Waals surface area contributed by atoms with E-state index in [-0.39, 0.29) is 11.9 Å². The highest BCUT2D eigenvalue weighted by molar-refractivity contribution is 7.08. The summed E-state index contributed by atoms with van der Waals surface area (Å²) in [5.74, 6) is 0.125. The van der Waals surface area contributed by atoms with Crippen molar-refractivity contribution in [2.75, 3.05) is 5.32 Å². The standard InChI is InChI=1S/C14H11N3O2S/c1-9-3-2-4-10(7-9)12(18)15-14-17-16-13(19-14)11-5-6-20-8-11/h2-8H,1H3,(H,15,17,18). The minimum absolute atomic E-state index is 0.0951. The van der Waals surface area contributed by atoms with E-state index in [1.165, 1.54) is 0 Å². The van der Waals surface area contributed by atoms with Crippen molar-refractivity contribution in [1.82, 2.24) is 10.2 Å². The monoisotopic (exact) mass is 285 g/mol. The van der Waals surface area contributed by atoms with Gasteiger partial charge in [-0.05, 0) is 30.5 Å². The maximum Gasteiger partial charge on any atom is 0.322 e. The van der Waals surface area contributed by atoms with Crippen molar-refractivity contribution in [1.29, 1.82) is 0 Å². The molecule has 0 saturated heterocycles. The molecule has 3 aromatic rings. The van der Waals surface area contributed by atoms with Crippen LogP contribution in [0.1, 0.15) is 15.9 Å². The number of thiophene rings is 1. The number of carbonyl (C=O) groups is 1. The summed E-state index contributed by atoms with van der Waals surface area (Å²) < 4.78 is 5.40. The van der Waals surface area contributed by atoms with Crippen LogP contribution in [0.4, 0.5) is 6.01 Å². The van der Waals surface area contributed by atoms with Gasteiger partial charge in [-0.15, -0.1) is 5.10 Å². The smallest absolute Gasteiger partial charge is 0.322 e. The maximum atomic E-state index is 12.0. The summed E-state index contributed by atoms with van der Waals surface area (Å²) in [6, 6.07) is 9.26. The van der Waals surface area contributed by atoms with E-state index in [9.17, 15) is 4.79 Å². The van der Waals surface area contributed by atoms with Crippen molar-refractivity contribution in [3.63, 3.8) is 0 Å². The maximum absolute atomic E-state index is 12.0. The number of anilines is 1. The Morgan fingerprint density at radius 1 is 1.30 bits per heavy atom. The molecule has 5 nitrogen and oxygen atoms in total. The normalized spacial score (nSPS) is 10.4. The summed E-state index contributed by atoms with van der Waals surface area (Å²) in [7, 11) is 0. The lowest BCUT2D eigenvalue weighted by atomic mass is 10.1. The van der Waals surface area contributed by atoms with Gasteiger partial charge in [0.25, 0.3) is 11.8 Å². The average molecular weight is 285 g/mol. The van der Waals surface area contributed by atoms with Gasteiger partial charge in [0.15, 0.2) is 0 Å². The van der Waals surface area contributed by atoms with Gasteiger partial charge >= 0.3 is 6.01 Å². The minimum Gasteiger partial charge on any atom is -0.403 e. The predicted molar refractivity (Wildman–Crippen MR) is 76.7 cm³/mol. The van der Waals surface area contributed by atoms with E-state index in [2.05, 4.69) is 15.5 Å². The highest BCUT2D eigenvalue weighted by atomic mass is 32.1. The number of carbonyl (C=O) groups excluding carboxylic acids is 1. The van der Waals surface area contributed by atoms with Gasteiger partial charge in [0.05, 0.1) is 0 Å². The second-order valence-electron chi connectivity index (χ2n) is 4.25. The molecule has 6 heteroatoms. The van der Waals surface area contributed by atoms with Crippen LogP contribution in [0.3, 0.4) is 0 Å². The largest absolute Gasteiger partial charge is 0.403 e. The van der Waals surface area contributed by atoms with Crippen molar-refractivity contribution in [2.45, 2.75) is 6.92 Å². The Balaban J connectivity index is 1.77. The van der Waals surface area contributed by atoms with E-state index in [0.717, 1.165) is 11.1 Å². The predicted octanol–water partition coefficient (Wildman–Crippen LogP) is 3.36. The summed E-state index contributed by atoms with van der Waals surface area (Å²) in [6.07, 6.45) is 0. The zero-order chi connectivity index (χ0) is 13.9.